The first-order valence-corrected chi connectivity index (χ1v) is 12.1. The summed E-state index contributed by atoms with van der Waals surface area (Å²) in [7, 11) is 0. The van der Waals surface area contributed by atoms with Gasteiger partial charge in [0, 0.05) is 0 Å². The lowest BCUT2D eigenvalue weighted by Gasteiger charge is -2.09. The molecule has 0 atom stereocenters. The van der Waals surface area contributed by atoms with E-state index in [1.54, 1.807) is 0 Å². The minimum Gasteiger partial charge on any atom is -0.0616 e. The highest BCUT2D eigenvalue weighted by atomic mass is 14.1. The van der Waals surface area contributed by atoms with Gasteiger partial charge in [-0.05, 0) is 52.1 Å². The van der Waals surface area contributed by atoms with Gasteiger partial charge in [-0.15, -0.1) is 0 Å². The van der Waals surface area contributed by atoms with Crippen LogP contribution in [-0.4, -0.2) is 0 Å². The Kier molecular flexibility index (Phi) is 9.57. The zero-order valence-electron chi connectivity index (χ0n) is 18.3. The maximum atomic E-state index is 3.92. The molecule has 0 heteroatoms. The number of hydrogen-bond acceptors (Lipinski definition) is 0. The van der Waals surface area contributed by atoms with Crippen molar-refractivity contribution in [3.8, 4) is 0 Å². The van der Waals surface area contributed by atoms with Gasteiger partial charge in [-0.2, -0.15) is 0 Å². The molecule has 0 saturated carbocycles. The van der Waals surface area contributed by atoms with Crippen molar-refractivity contribution >= 4 is 21.5 Å². The van der Waals surface area contributed by atoms with Crippen molar-refractivity contribution in [2.24, 2.45) is 0 Å². The van der Waals surface area contributed by atoms with Crippen molar-refractivity contribution in [2.45, 2.75) is 89.9 Å². The van der Waals surface area contributed by atoms with Gasteiger partial charge in [0.25, 0.3) is 0 Å². The maximum Gasteiger partial charge on any atom is -0.0146 e. The fourth-order valence-electron chi connectivity index (χ4n) is 4.51. The van der Waals surface area contributed by atoms with E-state index in [9.17, 15) is 0 Å². The first-order chi connectivity index (χ1) is 14.4. The lowest BCUT2D eigenvalue weighted by Crippen LogP contribution is -1.89. The molecule has 29 heavy (non-hydrogen) atoms. The van der Waals surface area contributed by atoms with E-state index in [4.69, 9.17) is 0 Å². The van der Waals surface area contributed by atoms with Crippen LogP contribution in [0.3, 0.4) is 0 Å². The number of benzene rings is 3. The van der Waals surface area contributed by atoms with Crippen molar-refractivity contribution in [2.75, 3.05) is 0 Å². The molecule has 0 N–H and O–H groups in total. The van der Waals surface area contributed by atoms with E-state index in [2.05, 4.69) is 61.5 Å². The second-order valence-corrected chi connectivity index (χ2v) is 8.68. The van der Waals surface area contributed by atoms with Gasteiger partial charge in [-0.1, -0.05) is 126 Å². The molecule has 1 radical (unpaired) electrons. The summed E-state index contributed by atoms with van der Waals surface area (Å²) >= 11 is 0. The van der Waals surface area contributed by atoms with Gasteiger partial charge in [0.1, 0.15) is 0 Å². The first-order valence-electron chi connectivity index (χ1n) is 12.1. The standard InChI is InChI=1S/C29H39/c1-2-3-4-5-6-7-8-9-10-11-12-13-14-18-25-21-17-22-28-23-26-19-15-16-20-27(26)24-29(25)28/h15-17,19-24H,1-14,18H2. The SMILES string of the molecule is [CH2]CCCCCCCCCCCCCCc1cccc2cc3ccccc3cc12. The van der Waals surface area contributed by atoms with Gasteiger partial charge in [-0.25, -0.2) is 0 Å². The van der Waals surface area contributed by atoms with Crippen LogP contribution < -0.4 is 0 Å². The Morgan fingerprint density at radius 1 is 0.483 bits per heavy atom. The molecule has 0 unspecified atom stereocenters. The molecule has 0 nitrogen and oxygen atoms in total. The van der Waals surface area contributed by atoms with E-state index in [-0.39, 0.29) is 0 Å². The van der Waals surface area contributed by atoms with Crippen LogP contribution in [0.2, 0.25) is 0 Å². The van der Waals surface area contributed by atoms with Crippen LogP contribution in [0.4, 0.5) is 0 Å². The van der Waals surface area contributed by atoms with E-state index in [1.165, 1.54) is 111 Å². The van der Waals surface area contributed by atoms with Crippen molar-refractivity contribution in [1.82, 2.24) is 0 Å². The molecular weight excluding hydrogens is 348 g/mol. The highest BCUT2D eigenvalue weighted by molar-refractivity contribution is 5.99. The van der Waals surface area contributed by atoms with Gasteiger partial charge in [0.2, 0.25) is 0 Å². The average Bonchev–Trinajstić information content (AvgIpc) is 2.75. The third-order valence-electron chi connectivity index (χ3n) is 6.28. The summed E-state index contributed by atoms with van der Waals surface area (Å²) in [6, 6.07) is 20.3. The Labute approximate surface area is 178 Å². The van der Waals surface area contributed by atoms with Crippen LogP contribution in [0.25, 0.3) is 21.5 Å². The van der Waals surface area contributed by atoms with Crippen LogP contribution >= 0.6 is 0 Å². The molecule has 0 bridgehead atoms. The lowest BCUT2D eigenvalue weighted by molar-refractivity contribution is 0.541. The number of hydrogen-bond donors (Lipinski definition) is 0. The van der Waals surface area contributed by atoms with Gasteiger partial charge >= 0.3 is 0 Å². The van der Waals surface area contributed by atoms with E-state index in [1.807, 2.05) is 0 Å². The van der Waals surface area contributed by atoms with E-state index in [0.717, 1.165) is 6.42 Å². The summed E-state index contributed by atoms with van der Waals surface area (Å²) in [4.78, 5) is 0. The van der Waals surface area contributed by atoms with Gasteiger partial charge < -0.3 is 0 Å². The largest absolute Gasteiger partial charge is 0.0616 e. The number of fused-ring (bicyclic) bond motifs is 2. The molecule has 3 aromatic rings. The molecule has 0 aliphatic heterocycles. The summed E-state index contributed by atoms with van der Waals surface area (Å²) in [6.07, 6.45) is 19.1. The van der Waals surface area contributed by atoms with Crippen LogP contribution in [0.5, 0.6) is 0 Å². The molecule has 0 aliphatic rings. The molecule has 0 spiro atoms. The average molecular weight is 388 g/mol. The zero-order chi connectivity index (χ0) is 20.2. The van der Waals surface area contributed by atoms with Crippen LogP contribution in [-0.2, 0) is 6.42 Å². The van der Waals surface area contributed by atoms with Crippen LogP contribution in [0.1, 0.15) is 89.0 Å². The zero-order valence-corrected chi connectivity index (χ0v) is 18.3. The van der Waals surface area contributed by atoms with Gasteiger partial charge in [0.05, 0.1) is 0 Å². The summed E-state index contributed by atoms with van der Waals surface area (Å²) in [6.45, 7) is 3.92. The molecule has 0 heterocycles. The Bertz CT molecular complexity index is 845. The van der Waals surface area contributed by atoms with Gasteiger partial charge in [0.15, 0.2) is 0 Å². The summed E-state index contributed by atoms with van der Waals surface area (Å²) in [5, 5.41) is 5.53. The molecule has 155 valence electrons. The molecule has 3 rings (SSSR count). The second-order valence-electron chi connectivity index (χ2n) is 8.68. The quantitative estimate of drug-likeness (QED) is 0.191. The predicted octanol–water partition coefficient (Wildman–Crippen LogP) is 9.44. The molecular formula is C29H39. The fourth-order valence-corrected chi connectivity index (χ4v) is 4.51. The Morgan fingerprint density at radius 2 is 1.00 bits per heavy atom. The fraction of sp³-hybridized carbons (Fsp3) is 0.483. The van der Waals surface area contributed by atoms with Crippen molar-refractivity contribution in [1.29, 1.82) is 0 Å². The molecule has 3 aromatic carbocycles. The smallest absolute Gasteiger partial charge is 0.0146 e. The lowest BCUT2D eigenvalue weighted by atomic mass is 9.96. The summed E-state index contributed by atoms with van der Waals surface area (Å²) in [5.41, 5.74) is 1.52. The molecule has 0 aliphatic carbocycles. The third kappa shape index (κ3) is 7.18. The normalized spacial score (nSPS) is 11.5. The van der Waals surface area contributed by atoms with Crippen LogP contribution in [0.15, 0.2) is 54.6 Å². The van der Waals surface area contributed by atoms with E-state index in [0.29, 0.717) is 0 Å². The number of aryl methyl sites for hydroxylation is 1. The monoisotopic (exact) mass is 387 g/mol. The van der Waals surface area contributed by atoms with Crippen molar-refractivity contribution < 1.29 is 0 Å². The molecule has 0 amide bonds. The highest BCUT2D eigenvalue weighted by Crippen LogP contribution is 2.26. The predicted molar refractivity (Wildman–Crippen MR) is 131 cm³/mol. The summed E-state index contributed by atoms with van der Waals surface area (Å²) in [5.74, 6) is 0. The highest BCUT2D eigenvalue weighted by Gasteiger charge is 2.03. The van der Waals surface area contributed by atoms with E-state index < -0.39 is 0 Å². The number of unbranched alkanes of at least 4 members (excludes halogenated alkanes) is 12. The Balaban J connectivity index is 1.32. The Morgan fingerprint density at radius 3 is 1.62 bits per heavy atom. The van der Waals surface area contributed by atoms with Crippen molar-refractivity contribution in [3.05, 3.63) is 67.1 Å². The Hall–Kier alpha value is -1.82. The minimum absolute atomic E-state index is 1.11. The third-order valence-corrected chi connectivity index (χ3v) is 6.28. The summed E-state index contributed by atoms with van der Waals surface area (Å²) < 4.78 is 0. The second kappa shape index (κ2) is 12.7. The van der Waals surface area contributed by atoms with Gasteiger partial charge in [-0.3, -0.25) is 0 Å². The maximum absolute atomic E-state index is 3.92. The molecule has 0 aromatic heterocycles. The van der Waals surface area contributed by atoms with Crippen molar-refractivity contribution in [3.63, 3.8) is 0 Å². The minimum atomic E-state index is 1.11. The number of rotatable bonds is 14. The van der Waals surface area contributed by atoms with Crippen LogP contribution in [0, 0.1) is 6.92 Å². The molecule has 0 fully saturated rings. The van der Waals surface area contributed by atoms with E-state index >= 15 is 0 Å². The first kappa shape index (κ1) is 21.9. The molecule has 0 saturated heterocycles. The topological polar surface area (TPSA) is 0 Å².